The van der Waals surface area contributed by atoms with Crippen molar-refractivity contribution in [3.63, 3.8) is 0 Å². The van der Waals surface area contributed by atoms with Crippen molar-refractivity contribution >= 4 is 5.91 Å². The van der Waals surface area contributed by atoms with Crippen LogP contribution in [0.4, 0.5) is 4.39 Å². The first-order chi connectivity index (χ1) is 9.06. The zero-order valence-electron chi connectivity index (χ0n) is 11.3. The topological polar surface area (TPSA) is 46.3 Å². The van der Waals surface area contributed by atoms with Gasteiger partial charge in [0.05, 0.1) is 0 Å². The fourth-order valence-electron chi connectivity index (χ4n) is 2.72. The lowest BCUT2D eigenvalue weighted by Gasteiger charge is -2.35. The minimum atomic E-state index is -0.196. The number of amides is 1. The van der Waals surface area contributed by atoms with E-state index in [1.807, 2.05) is 12.1 Å². The second-order valence-corrected chi connectivity index (χ2v) is 5.39. The van der Waals surface area contributed by atoms with Crippen LogP contribution in [-0.2, 0) is 11.2 Å². The van der Waals surface area contributed by atoms with Crippen LogP contribution in [0.15, 0.2) is 24.3 Å². The molecule has 0 aliphatic carbocycles. The maximum atomic E-state index is 12.8. The third-order valence-corrected chi connectivity index (χ3v) is 4.00. The highest BCUT2D eigenvalue weighted by Crippen LogP contribution is 2.20. The van der Waals surface area contributed by atoms with Crippen molar-refractivity contribution in [2.24, 2.45) is 11.7 Å². The fraction of sp³-hybridized carbons (Fsp3) is 0.533. The average molecular weight is 264 g/mol. The summed E-state index contributed by atoms with van der Waals surface area (Å²) in [5, 5.41) is 0. The summed E-state index contributed by atoms with van der Waals surface area (Å²) in [5.41, 5.74) is 6.48. The monoisotopic (exact) mass is 264 g/mol. The van der Waals surface area contributed by atoms with Crippen molar-refractivity contribution in [1.82, 2.24) is 4.90 Å². The molecule has 19 heavy (non-hydrogen) atoms. The molecule has 1 atom stereocenters. The third kappa shape index (κ3) is 3.77. The number of hydrogen-bond donors (Lipinski definition) is 1. The van der Waals surface area contributed by atoms with Crippen molar-refractivity contribution in [3.8, 4) is 0 Å². The van der Waals surface area contributed by atoms with Gasteiger partial charge < -0.3 is 10.6 Å². The second kappa shape index (κ2) is 6.15. The molecule has 1 aromatic rings. The van der Waals surface area contributed by atoms with Crippen LogP contribution < -0.4 is 5.73 Å². The number of nitrogens with two attached hydrogens (primary N) is 1. The van der Waals surface area contributed by atoms with Crippen LogP contribution in [0.5, 0.6) is 0 Å². The molecule has 0 saturated carbocycles. The number of hydrogen-bond acceptors (Lipinski definition) is 2. The zero-order valence-corrected chi connectivity index (χ0v) is 11.3. The summed E-state index contributed by atoms with van der Waals surface area (Å²) in [5.74, 6) is -0.334. The molecule has 1 heterocycles. The van der Waals surface area contributed by atoms with E-state index in [2.05, 4.69) is 11.8 Å². The van der Waals surface area contributed by atoms with Crippen molar-refractivity contribution in [2.75, 3.05) is 13.1 Å². The van der Waals surface area contributed by atoms with Crippen molar-refractivity contribution in [2.45, 2.75) is 32.2 Å². The number of benzene rings is 1. The van der Waals surface area contributed by atoms with Gasteiger partial charge in [-0.05, 0) is 57.0 Å². The van der Waals surface area contributed by atoms with E-state index < -0.39 is 0 Å². The molecule has 3 nitrogen and oxygen atoms in total. The number of rotatable bonds is 4. The first-order valence-electron chi connectivity index (χ1n) is 6.84. The lowest BCUT2D eigenvalue weighted by atomic mass is 9.94. The SMILES string of the molecule is C[C@@H](Cc1ccc(F)cc1)N1CCC(C(N)=O)CC1. The average Bonchev–Trinajstić information content (AvgIpc) is 2.41. The summed E-state index contributed by atoms with van der Waals surface area (Å²) in [7, 11) is 0. The molecular formula is C15H21FN2O. The standard InChI is InChI=1S/C15H21FN2O/c1-11(10-12-2-4-14(16)5-3-12)18-8-6-13(7-9-18)15(17)19/h2-5,11,13H,6-10H2,1H3,(H2,17,19)/t11-/m0/s1. The van der Waals surface area contributed by atoms with E-state index in [4.69, 9.17) is 5.73 Å². The smallest absolute Gasteiger partial charge is 0.220 e. The Balaban J connectivity index is 1.86. The highest BCUT2D eigenvalue weighted by atomic mass is 19.1. The number of carbonyl (C=O) groups is 1. The van der Waals surface area contributed by atoms with Crippen LogP contribution in [0.2, 0.25) is 0 Å². The number of likely N-dealkylation sites (tertiary alicyclic amines) is 1. The predicted molar refractivity (Wildman–Crippen MR) is 73.1 cm³/mol. The van der Waals surface area contributed by atoms with Crippen LogP contribution in [-0.4, -0.2) is 29.9 Å². The Morgan fingerprint density at radius 1 is 1.37 bits per heavy atom. The van der Waals surface area contributed by atoms with E-state index in [1.165, 1.54) is 12.1 Å². The van der Waals surface area contributed by atoms with Gasteiger partial charge in [0.2, 0.25) is 5.91 Å². The van der Waals surface area contributed by atoms with Gasteiger partial charge in [-0.3, -0.25) is 4.79 Å². The molecule has 2 N–H and O–H groups in total. The van der Waals surface area contributed by atoms with Gasteiger partial charge in [0.15, 0.2) is 0 Å². The van der Waals surface area contributed by atoms with Crippen LogP contribution >= 0.6 is 0 Å². The molecular weight excluding hydrogens is 243 g/mol. The number of piperidine rings is 1. The fourth-order valence-corrected chi connectivity index (χ4v) is 2.72. The second-order valence-electron chi connectivity index (χ2n) is 5.39. The lowest BCUT2D eigenvalue weighted by Crippen LogP contribution is -2.43. The lowest BCUT2D eigenvalue weighted by molar-refractivity contribution is -0.123. The maximum absolute atomic E-state index is 12.8. The van der Waals surface area contributed by atoms with Crippen LogP contribution in [0.1, 0.15) is 25.3 Å². The minimum absolute atomic E-state index is 0.0364. The number of nitrogens with zero attached hydrogens (tertiary/aromatic N) is 1. The maximum Gasteiger partial charge on any atom is 0.220 e. The molecule has 1 saturated heterocycles. The summed E-state index contributed by atoms with van der Waals surface area (Å²) in [4.78, 5) is 13.5. The molecule has 1 aromatic carbocycles. The van der Waals surface area contributed by atoms with Gasteiger partial charge in [0, 0.05) is 12.0 Å². The molecule has 1 amide bonds. The Labute approximate surface area is 113 Å². The minimum Gasteiger partial charge on any atom is -0.369 e. The van der Waals surface area contributed by atoms with Gasteiger partial charge in [-0.2, -0.15) is 0 Å². The highest BCUT2D eigenvalue weighted by Gasteiger charge is 2.25. The van der Waals surface area contributed by atoms with E-state index in [-0.39, 0.29) is 17.6 Å². The van der Waals surface area contributed by atoms with Gasteiger partial charge >= 0.3 is 0 Å². The van der Waals surface area contributed by atoms with Gasteiger partial charge in [-0.15, -0.1) is 0 Å². The van der Waals surface area contributed by atoms with Crippen molar-refractivity contribution in [3.05, 3.63) is 35.6 Å². The van der Waals surface area contributed by atoms with Gasteiger partial charge in [0.1, 0.15) is 5.82 Å². The highest BCUT2D eigenvalue weighted by molar-refractivity contribution is 5.76. The van der Waals surface area contributed by atoms with Gasteiger partial charge in [-0.1, -0.05) is 12.1 Å². The Kier molecular flexibility index (Phi) is 4.53. The third-order valence-electron chi connectivity index (χ3n) is 4.00. The van der Waals surface area contributed by atoms with Crippen molar-refractivity contribution < 1.29 is 9.18 Å². The molecule has 0 radical (unpaired) electrons. The van der Waals surface area contributed by atoms with Crippen molar-refractivity contribution in [1.29, 1.82) is 0 Å². The van der Waals surface area contributed by atoms with E-state index in [0.29, 0.717) is 6.04 Å². The number of primary amides is 1. The van der Waals surface area contributed by atoms with Crippen LogP contribution in [0, 0.1) is 11.7 Å². The number of halogens is 1. The Bertz CT molecular complexity index is 424. The Morgan fingerprint density at radius 3 is 2.47 bits per heavy atom. The predicted octanol–water partition coefficient (Wildman–Crippen LogP) is 1.95. The summed E-state index contributed by atoms with van der Waals surface area (Å²) in [6.45, 7) is 4.00. The Hall–Kier alpha value is -1.42. The normalized spacial score (nSPS) is 19.3. The van der Waals surface area contributed by atoms with Crippen LogP contribution in [0.3, 0.4) is 0 Å². The summed E-state index contributed by atoms with van der Waals surface area (Å²) >= 11 is 0. The molecule has 0 bridgehead atoms. The molecule has 2 rings (SSSR count). The molecule has 4 heteroatoms. The van der Waals surface area contributed by atoms with E-state index >= 15 is 0 Å². The van der Waals surface area contributed by atoms with Gasteiger partial charge in [-0.25, -0.2) is 4.39 Å². The van der Waals surface area contributed by atoms with E-state index in [0.717, 1.165) is 37.9 Å². The molecule has 0 aromatic heterocycles. The summed E-state index contributed by atoms with van der Waals surface area (Å²) in [6.07, 6.45) is 2.60. The zero-order chi connectivity index (χ0) is 13.8. The molecule has 0 spiro atoms. The largest absolute Gasteiger partial charge is 0.369 e. The molecule has 104 valence electrons. The quantitative estimate of drug-likeness (QED) is 0.903. The first-order valence-corrected chi connectivity index (χ1v) is 6.84. The van der Waals surface area contributed by atoms with E-state index in [1.54, 1.807) is 0 Å². The number of carbonyl (C=O) groups excluding carboxylic acids is 1. The molecule has 1 fully saturated rings. The molecule has 0 unspecified atom stereocenters. The molecule has 1 aliphatic rings. The van der Waals surface area contributed by atoms with Crippen LogP contribution in [0.25, 0.3) is 0 Å². The van der Waals surface area contributed by atoms with Gasteiger partial charge in [0.25, 0.3) is 0 Å². The van der Waals surface area contributed by atoms with E-state index in [9.17, 15) is 9.18 Å². The summed E-state index contributed by atoms with van der Waals surface area (Å²) in [6, 6.07) is 7.08. The Morgan fingerprint density at radius 2 is 1.95 bits per heavy atom. The first kappa shape index (κ1) is 14.0. The molecule has 1 aliphatic heterocycles. The summed E-state index contributed by atoms with van der Waals surface area (Å²) < 4.78 is 12.8.